The number of fused-ring (bicyclic) bond motifs is 1. The number of pyridine rings is 1. The second-order valence-corrected chi connectivity index (χ2v) is 6.05. The predicted octanol–water partition coefficient (Wildman–Crippen LogP) is 1.94. The van der Waals surface area contributed by atoms with Gasteiger partial charge in [-0.2, -0.15) is 8.75 Å². The van der Waals surface area contributed by atoms with Crippen molar-refractivity contribution < 1.29 is 4.79 Å². The van der Waals surface area contributed by atoms with Gasteiger partial charge in [-0.1, -0.05) is 6.07 Å². The first-order chi connectivity index (χ1) is 12.2. The number of benzene rings is 1. The van der Waals surface area contributed by atoms with Crippen LogP contribution in [0, 0.1) is 0 Å². The second kappa shape index (κ2) is 6.36. The predicted molar refractivity (Wildman–Crippen MR) is 92.4 cm³/mol. The molecule has 0 aliphatic heterocycles. The molecule has 0 aliphatic rings. The molecular formula is C16H13N7OS. The van der Waals surface area contributed by atoms with E-state index >= 15 is 0 Å². The smallest absolute Gasteiger partial charge is 0.254 e. The van der Waals surface area contributed by atoms with Gasteiger partial charge >= 0.3 is 0 Å². The summed E-state index contributed by atoms with van der Waals surface area (Å²) in [7, 11) is 1.77. The third kappa shape index (κ3) is 3.09. The van der Waals surface area contributed by atoms with Crippen LogP contribution in [0.2, 0.25) is 0 Å². The fourth-order valence-electron chi connectivity index (χ4n) is 2.50. The maximum atomic E-state index is 12.7. The summed E-state index contributed by atoms with van der Waals surface area (Å²) in [4.78, 5) is 18.6. The fourth-order valence-corrected chi connectivity index (χ4v) is 3.02. The van der Waals surface area contributed by atoms with Gasteiger partial charge in [-0.3, -0.25) is 9.36 Å². The lowest BCUT2D eigenvalue weighted by Crippen LogP contribution is -2.26. The Morgan fingerprint density at radius 3 is 2.76 bits per heavy atom. The lowest BCUT2D eigenvalue weighted by molar-refractivity contribution is 0.0785. The Labute approximate surface area is 147 Å². The summed E-state index contributed by atoms with van der Waals surface area (Å²) in [5, 5.41) is 7.50. The number of carbonyl (C=O) groups is 1. The van der Waals surface area contributed by atoms with Crippen LogP contribution < -0.4 is 0 Å². The normalized spacial score (nSPS) is 10.9. The molecule has 1 amide bonds. The van der Waals surface area contributed by atoms with E-state index in [4.69, 9.17) is 0 Å². The highest BCUT2D eigenvalue weighted by Gasteiger charge is 2.14. The SMILES string of the molecule is CN(Cc1ccc2nsnc2c1)C(=O)c1ccnc(-n2cnnc2)c1. The molecule has 25 heavy (non-hydrogen) atoms. The van der Waals surface area contributed by atoms with E-state index in [1.807, 2.05) is 18.2 Å². The number of hydrogen-bond donors (Lipinski definition) is 0. The molecule has 0 saturated heterocycles. The summed E-state index contributed by atoms with van der Waals surface area (Å²) in [5.74, 6) is 0.507. The lowest BCUT2D eigenvalue weighted by Gasteiger charge is -2.17. The average Bonchev–Trinajstić information content (AvgIpc) is 3.32. The van der Waals surface area contributed by atoms with E-state index in [2.05, 4.69) is 23.9 Å². The van der Waals surface area contributed by atoms with Crippen molar-refractivity contribution >= 4 is 28.7 Å². The van der Waals surface area contributed by atoms with Crippen molar-refractivity contribution in [2.24, 2.45) is 0 Å². The van der Waals surface area contributed by atoms with E-state index in [0.29, 0.717) is 17.9 Å². The van der Waals surface area contributed by atoms with Gasteiger partial charge in [0.2, 0.25) is 0 Å². The van der Waals surface area contributed by atoms with Gasteiger partial charge in [0, 0.05) is 25.4 Å². The van der Waals surface area contributed by atoms with Crippen molar-refractivity contribution in [3.8, 4) is 5.82 Å². The molecule has 4 aromatic rings. The summed E-state index contributed by atoms with van der Waals surface area (Å²) in [6.07, 6.45) is 4.68. The number of rotatable bonds is 4. The van der Waals surface area contributed by atoms with Crippen molar-refractivity contribution in [1.82, 2.24) is 33.4 Å². The summed E-state index contributed by atoms with van der Waals surface area (Å²) >= 11 is 1.18. The van der Waals surface area contributed by atoms with Gasteiger partial charge in [-0.25, -0.2) is 4.98 Å². The molecule has 1 aromatic carbocycles. The van der Waals surface area contributed by atoms with Gasteiger partial charge in [-0.15, -0.1) is 10.2 Å². The number of amides is 1. The highest BCUT2D eigenvalue weighted by molar-refractivity contribution is 7.00. The summed E-state index contributed by atoms with van der Waals surface area (Å²) in [6.45, 7) is 0.483. The fraction of sp³-hybridized carbons (Fsp3) is 0.125. The molecule has 3 aromatic heterocycles. The van der Waals surface area contributed by atoms with Crippen LogP contribution in [0.5, 0.6) is 0 Å². The standard InChI is InChI=1S/C16H13N7OS/c1-22(8-11-2-3-13-14(6-11)21-25-20-13)16(24)12-4-5-17-15(7-12)23-9-18-19-10-23/h2-7,9-10H,8H2,1H3. The first kappa shape index (κ1) is 15.3. The lowest BCUT2D eigenvalue weighted by atomic mass is 10.1. The minimum atomic E-state index is -0.0896. The highest BCUT2D eigenvalue weighted by Crippen LogP contribution is 2.16. The number of hydrogen-bond acceptors (Lipinski definition) is 7. The Morgan fingerprint density at radius 2 is 1.92 bits per heavy atom. The Morgan fingerprint density at radius 1 is 1.12 bits per heavy atom. The van der Waals surface area contributed by atoms with Crippen LogP contribution >= 0.6 is 11.7 Å². The molecule has 0 saturated carbocycles. The van der Waals surface area contributed by atoms with Crippen molar-refractivity contribution in [3.63, 3.8) is 0 Å². The summed E-state index contributed by atoms with van der Waals surface area (Å²) in [6, 6.07) is 9.25. The number of carbonyl (C=O) groups excluding carboxylic acids is 1. The molecule has 3 heterocycles. The van der Waals surface area contributed by atoms with Crippen LogP contribution in [0.25, 0.3) is 16.9 Å². The molecule has 0 unspecified atom stereocenters. The van der Waals surface area contributed by atoms with Crippen LogP contribution in [0.15, 0.2) is 49.2 Å². The van der Waals surface area contributed by atoms with E-state index < -0.39 is 0 Å². The number of aromatic nitrogens is 6. The average molecular weight is 351 g/mol. The topological polar surface area (TPSA) is 89.7 Å². The quantitative estimate of drug-likeness (QED) is 0.558. The molecule has 0 atom stereocenters. The first-order valence-corrected chi connectivity index (χ1v) is 8.21. The van der Waals surface area contributed by atoms with Crippen LogP contribution in [0.3, 0.4) is 0 Å². The molecule has 0 fully saturated rings. The van der Waals surface area contributed by atoms with E-state index in [-0.39, 0.29) is 5.91 Å². The zero-order valence-electron chi connectivity index (χ0n) is 13.3. The summed E-state index contributed by atoms with van der Waals surface area (Å²) < 4.78 is 10.1. The van der Waals surface area contributed by atoms with Crippen molar-refractivity contribution in [2.75, 3.05) is 7.05 Å². The van der Waals surface area contributed by atoms with Gasteiger partial charge in [0.15, 0.2) is 0 Å². The third-order valence-corrected chi connectivity index (χ3v) is 4.32. The van der Waals surface area contributed by atoms with Crippen LogP contribution in [0.4, 0.5) is 0 Å². The Balaban J connectivity index is 1.54. The second-order valence-electron chi connectivity index (χ2n) is 5.52. The van der Waals surface area contributed by atoms with E-state index in [1.165, 1.54) is 24.4 Å². The van der Waals surface area contributed by atoms with Gasteiger partial charge in [-0.05, 0) is 29.8 Å². The minimum absolute atomic E-state index is 0.0896. The maximum Gasteiger partial charge on any atom is 0.254 e. The molecular weight excluding hydrogens is 338 g/mol. The molecule has 0 radical (unpaired) electrons. The molecule has 0 bridgehead atoms. The van der Waals surface area contributed by atoms with Crippen LogP contribution in [0.1, 0.15) is 15.9 Å². The van der Waals surface area contributed by atoms with Gasteiger partial charge < -0.3 is 4.90 Å². The van der Waals surface area contributed by atoms with E-state index in [1.54, 1.807) is 34.8 Å². The largest absolute Gasteiger partial charge is 0.337 e. The molecule has 0 aliphatic carbocycles. The van der Waals surface area contributed by atoms with Crippen LogP contribution in [-0.4, -0.2) is 46.4 Å². The number of nitrogens with zero attached hydrogens (tertiary/aromatic N) is 7. The Kier molecular flexibility index (Phi) is 3.90. The zero-order chi connectivity index (χ0) is 17.2. The molecule has 4 rings (SSSR count). The maximum absolute atomic E-state index is 12.7. The van der Waals surface area contributed by atoms with Crippen molar-refractivity contribution in [3.05, 3.63) is 60.3 Å². The van der Waals surface area contributed by atoms with Gasteiger partial charge in [0.1, 0.15) is 29.5 Å². The molecule has 8 nitrogen and oxygen atoms in total. The van der Waals surface area contributed by atoms with Gasteiger partial charge in [0.25, 0.3) is 5.91 Å². The zero-order valence-corrected chi connectivity index (χ0v) is 14.1. The molecule has 0 spiro atoms. The minimum Gasteiger partial charge on any atom is -0.337 e. The van der Waals surface area contributed by atoms with E-state index in [9.17, 15) is 4.79 Å². The van der Waals surface area contributed by atoms with Crippen molar-refractivity contribution in [2.45, 2.75) is 6.54 Å². The monoisotopic (exact) mass is 351 g/mol. The van der Waals surface area contributed by atoms with Gasteiger partial charge in [0.05, 0.1) is 11.7 Å². The van der Waals surface area contributed by atoms with E-state index in [0.717, 1.165) is 16.6 Å². The first-order valence-electron chi connectivity index (χ1n) is 7.48. The Bertz CT molecular complexity index is 1030. The van der Waals surface area contributed by atoms with Crippen molar-refractivity contribution in [1.29, 1.82) is 0 Å². The molecule has 9 heteroatoms. The molecule has 124 valence electrons. The highest BCUT2D eigenvalue weighted by atomic mass is 32.1. The Hall–Kier alpha value is -3.20. The van der Waals surface area contributed by atoms with Crippen LogP contribution in [-0.2, 0) is 6.54 Å². The molecule has 0 N–H and O–H groups in total. The summed E-state index contributed by atoms with van der Waals surface area (Å²) in [5.41, 5.74) is 3.28. The third-order valence-electron chi connectivity index (χ3n) is 3.76.